The van der Waals surface area contributed by atoms with Gasteiger partial charge in [0.1, 0.15) is 17.5 Å². The fraction of sp³-hybridized carbons (Fsp3) is 0.429. The van der Waals surface area contributed by atoms with Crippen molar-refractivity contribution in [3.63, 3.8) is 0 Å². The second kappa shape index (κ2) is 6.27. The molecule has 1 atom stereocenters. The number of rotatable bonds is 5. The molecule has 1 N–H and O–H groups in total. The van der Waals surface area contributed by atoms with Gasteiger partial charge < -0.3 is 4.74 Å². The van der Waals surface area contributed by atoms with E-state index in [0.29, 0.717) is 25.1 Å². The highest BCUT2D eigenvalue weighted by atomic mass is 32.1. The molecule has 0 aliphatic carbocycles. The van der Waals surface area contributed by atoms with Crippen molar-refractivity contribution < 1.29 is 14.3 Å². The van der Waals surface area contributed by atoms with Gasteiger partial charge in [-0.2, -0.15) is 0 Å². The van der Waals surface area contributed by atoms with Gasteiger partial charge >= 0.3 is 0 Å². The highest BCUT2D eigenvalue weighted by Gasteiger charge is 2.29. The van der Waals surface area contributed by atoms with Crippen LogP contribution in [0, 0.1) is 0 Å². The molecule has 0 radical (unpaired) electrons. The molecule has 0 saturated carbocycles. The summed E-state index contributed by atoms with van der Waals surface area (Å²) in [6.07, 6.45) is 3.41. The van der Waals surface area contributed by atoms with Gasteiger partial charge in [-0.05, 0) is 12.8 Å². The van der Waals surface area contributed by atoms with E-state index in [1.54, 1.807) is 6.20 Å². The Balaban J connectivity index is 1.81. The van der Waals surface area contributed by atoms with Crippen molar-refractivity contribution in [3.8, 4) is 17.0 Å². The normalized spacial score (nSPS) is 18.3. The van der Waals surface area contributed by atoms with Gasteiger partial charge in [0, 0.05) is 17.2 Å². The molecule has 1 aliphatic heterocycles. The lowest BCUT2D eigenvalue weighted by molar-refractivity contribution is -0.136. The summed E-state index contributed by atoms with van der Waals surface area (Å²) in [4.78, 5) is 23.1. The number of imide groups is 1. The molecule has 2 aromatic rings. The van der Waals surface area contributed by atoms with Crippen molar-refractivity contribution in [2.75, 3.05) is 6.61 Å². The van der Waals surface area contributed by atoms with Crippen molar-refractivity contribution >= 4 is 23.2 Å². The quantitative estimate of drug-likeness (QED) is 0.849. The van der Waals surface area contributed by atoms with Crippen molar-refractivity contribution in [1.82, 2.24) is 20.3 Å². The van der Waals surface area contributed by atoms with Gasteiger partial charge in [0.25, 0.3) is 5.91 Å². The summed E-state index contributed by atoms with van der Waals surface area (Å²) in [5.41, 5.74) is 1.54. The van der Waals surface area contributed by atoms with Crippen LogP contribution in [0.3, 0.4) is 0 Å². The number of carbonyl (C=O) groups excluding carboxylic acids is 2. The van der Waals surface area contributed by atoms with Gasteiger partial charge in [0.05, 0.1) is 18.4 Å². The predicted molar refractivity (Wildman–Crippen MR) is 80.5 cm³/mol. The molecule has 8 heteroatoms. The third-order valence-corrected chi connectivity index (χ3v) is 4.13. The molecule has 3 heterocycles. The summed E-state index contributed by atoms with van der Waals surface area (Å²) in [6.45, 7) is 2.69. The van der Waals surface area contributed by atoms with Crippen LogP contribution < -0.4 is 10.1 Å². The van der Waals surface area contributed by atoms with Gasteiger partial charge in [-0.25, -0.2) is 4.68 Å². The average Bonchev–Trinajstić information content (AvgIpc) is 3.13. The maximum absolute atomic E-state index is 11.9. The molecule has 116 valence electrons. The van der Waals surface area contributed by atoms with E-state index in [9.17, 15) is 9.59 Å². The van der Waals surface area contributed by atoms with Crippen molar-refractivity contribution in [3.05, 3.63) is 17.0 Å². The molecule has 7 nitrogen and oxygen atoms in total. The van der Waals surface area contributed by atoms with E-state index >= 15 is 0 Å². The highest BCUT2D eigenvalue weighted by Crippen LogP contribution is 2.33. The first-order chi connectivity index (χ1) is 10.7. The maximum atomic E-state index is 11.9. The van der Waals surface area contributed by atoms with Crippen LogP contribution in [0.15, 0.2) is 17.0 Å². The summed E-state index contributed by atoms with van der Waals surface area (Å²) in [7, 11) is 0. The van der Waals surface area contributed by atoms with Gasteiger partial charge in [0.2, 0.25) is 5.91 Å². The molecule has 1 unspecified atom stereocenters. The Morgan fingerprint density at radius 3 is 3.09 bits per heavy atom. The smallest absolute Gasteiger partial charge is 0.251 e. The van der Waals surface area contributed by atoms with E-state index in [2.05, 4.69) is 15.6 Å². The van der Waals surface area contributed by atoms with Crippen LogP contribution in [0.1, 0.15) is 32.2 Å². The van der Waals surface area contributed by atoms with Crippen LogP contribution in [0.5, 0.6) is 5.75 Å². The lowest BCUT2D eigenvalue weighted by atomic mass is 10.1. The molecule has 0 spiro atoms. The molecule has 22 heavy (non-hydrogen) atoms. The number of piperidine rings is 1. The Labute approximate surface area is 131 Å². The molecule has 2 amide bonds. The average molecular weight is 320 g/mol. The maximum Gasteiger partial charge on any atom is 0.251 e. The van der Waals surface area contributed by atoms with Gasteiger partial charge in [-0.1, -0.05) is 12.1 Å². The molecule has 1 aliphatic rings. The van der Waals surface area contributed by atoms with Crippen molar-refractivity contribution in [1.29, 1.82) is 0 Å². The van der Waals surface area contributed by atoms with Crippen LogP contribution in [-0.4, -0.2) is 33.4 Å². The second-order valence-corrected chi connectivity index (χ2v) is 5.79. The Hall–Kier alpha value is -2.22. The zero-order valence-electron chi connectivity index (χ0n) is 12.1. The number of aromatic nitrogens is 3. The van der Waals surface area contributed by atoms with Gasteiger partial charge in [-0.15, -0.1) is 16.4 Å². The third kappa shape index (κ3) is 2.87. The number of thiophene rings is 1. The highest BCUT2D eigenvalue weighted by molar-refractivity contribution is 7.08. The minimum absolute atomic E-state index is 0.241. The number of carbonyl (C=O) groups is 2. The zero-order valence-corrected chi connectivity index (χ0v) is 12.9. The molecule has 1 fully saturated rings. The van der Waals surface area contributed by atoms with E-state index in [4.69, 9.17) is 4.74 Å². The molecule has 1 saturated heterocycles. The van der Waals surface area contributed by atoms with Crippen molar-refractivity contribution in [2.24, 2.45) is 0 Å². The minimum Gasteiger partial charge on any atom is -0.492 e. The zero-order chi connectivity index (χ0) is 15.5. The predicted octanol–water partition coefficient (Wildman–Crippen LogP) is 1.77. The lowest BCUT2D eigenvalue weighted by Gasteiger charge is -2.20. The minimum atomic E-state index is -0.488. The summed E-state index contributed by atoms with van der Waals surface area (Å²) < 4.78 is 7.19. The SMILES string of the molecule is CCCOc1cscc1-c1cn(C2CCC(=O)NC2=O)nn1. The molecule has 2 aromatic heterocycles. The molecule has 0 bridgehead atoms. The third-order valence-electron chi connectivity index (χ3n) is 3.40. The standard InChI is InChI=1S/C14H16N4O3S/c1-2-5-21-12-8-22-7-9(12)10-6-18(17-16-10)11-3-4-13(19)15-14(11)20/h6-8,11H,2-5H2,1H3,(H,15,19,20). The van der Waals surface area contributed by atoms with E-state index in [-0.39, 0.29) is 11.8 Å². The topological polar surface area (TPSA) is 86.1 Å². The second-order valence-electron chi connectivity index (χ2n) is 5.05. The van der Waals surface area contributed by atoms with E-state index in [1.807, 2.05) is 17.7 Å². The van der Waals surface area contributed by atoms with E-state index < -0.39 is 6.04 Å². The Morgan fingerprint density at radius 1 is 1.45 bits per heavy atom. The first kappa shape index (κ1) is 14.7. The number of amides is 2. The van der Waals surface area contributed by atoms with E-state index in [0.717, 1.165) is 17.7 Å². The largest absolute Gasteiger partial charge is 0.492 e. The summed E-state index contributed by atoms with van der Waals surface area (Å²) in [5.74, 6) is 0.206. The Morgan fingerprint density at radius 2 is 2.32 bits per heavy atom. The van der Waals surface area contributed by atoms with Crippen LogP contribution in [0.2, 0.25) is 0 Å². The molecular weight excluding hydrogens is 304 g/mol. The van der Waals surface area contributed by atoms with Crippen LogP contribution in [0.4, 0.5) is 0 Å². The van der Waals surface area contributed by atoms with Gasteiger partial charge in [-0.3, -0.25) is 14.9 Å². The van der Waals surface area contributed by atoms with Crippen LogP contribution in [0.25, 0.3) is 11.3 Å². The summed E-state index contributed by atoms with van der Waals surface area (Å²) >= 11 is 1.53. The molecular formula is C14H16N4O3S. The first-order valence-electron chi connectivity index (χ1n) is 7.14. The summed E-state index contributed by atoms with van der Waals surface area (Å²) in [5, 5.41) is 14.4. The number of hydrogen-bond acceptors (Lipinski definition) is 6. The fourth-order valence-electron chi connectivity index (χ4n) is 2.28. The Kier molecular flexibility index (Phi) is 4.19. The Bertz CT molecular complexity index is 694. The first-order valence-corrected chi connectivity index (χ1v) is 8.08. The number of nitrogens with zero attached hydrogens (tertiary/aromatic N) is 3. The monoisotopic (exact) mass is 320 g/mol. The lowest BCUT2D eigenvalue weighted by Crippen LogP contribution is -2.41. The van der Waals surface area contributed by atoms with E-state index in [1.165, 1.54) is 16.0 Å². The number of hydrogen-bond donors (Lipinski definition) is 1. The van der Waals surface area contributed by atoms with Crippen molar-refractivity contribution in [2.45, 2.75) is 32.2 Å². The number of ether oxygens (including phenoxy) is 1. The van der Waals surface area contributed by atoms with Crippen LogP contribution >= 0.6 is 11.3 Å². The van der Waals surface area contributed by atoms with Gasteiger partial charge in [0.15, 0.2) is 0 Å². The summed E-state index contributed by atoms with van der Waals surface area (Å²) in [6, 6.07) is -0.488. The fourth-order valence-corrected chi connectivity index (χ4v) is 3.04. The molecule has 3 rings (SSSR count). The number of nitrogens with one attached hydrogen (secondary N) is 1. The van der Waals surface area contributed by atoms with Crippen LogP contribution in [-0.2, 0) is 9.59 Å². The molecule has 0 aromatic carbocycles.